The van der Waals surface area contributed by atoms with Crippen molar-refractivity contribution in [3.05, 3.63) is 0 Å². The molecule has 0 spiro atoms. The predicted octanol–water partition coefficient (Wildman–Crippen LogP) is 2.95. The number of rotatable bonds is 4. The van der Waals surface area contributed by atoms with Crippen LogP contribution in [0.15, 0.2) is 0 Å². The molecule has 2 saturated carbocycles. The summed E-state index contributed by atoms with van der Waals surface area (Å²) in [4.78, 5) is 0. The van der Waals surface area contributed by atoms with Gasteiger partial charge in [-0.2, -0.15) is 0 Å². The Hall–Kier alpha value is -0.0400. The molecule has 2 fully saturated rings. The zero-order valence-corrected chi connectivity index (χ0v) is 9.10. The van der Waals surface area contributed by atoms with Gasteiger partial charge in [0.1, 0.15) is 0 Å². The molecule has 1 heteroatoms. The van der Waals surface area contributed by atoms with Crippen molar-refractivity contribution in [2.75, 3.05) is 6.54 Å². The zero-order valence-electron chi connectivity index (χ0n) is 9.10. The molecule has 0 saturated heterocycles. The van der Waals surface area contributed by atoms with E-state index in [2.05, 4.69) is 19.2 Å². The maximum absolute atomic E-state index is 3.75. The quantitative estimate of drug-likeness (QED) is 0.703. The first-order valence-corrected chi connectivity index (χ1v) is 5.95. The van der Waals surface area contributed by atoms with Crippen LogP contribution in [-0.4, -0.2) is 12.6 Å². The Morgan fingerprint density at radius 3 is 2.62 bits per heavy atom. The molecule has 76 valence electrons. The van der Waals surface area contributed by atoms with Crippen LogP contribution >= 0.6 is 0 Å². The molecule has 0 aromatic heterocycles. The molecule has 0 aliphatic heterocycles. The molecule has 2 aliphatic carbocycles. The van der Waals surface area contributed by atoms with Gasteiger partial charge in [0.2, 0.25) is 0 Å². The Morgan fingerprint density at radius 2 is 2.08 bits per heavy atom. The molecule has 0 heterocycles. The molecule has 2 unspecified atom stereocenters. The second kappa shape index (κ2) is 3.61. The first kappa shape index (κ1) is 9.51. The summed E-state index contributed by atoms with van der Waals surface area (Å²) >= 11 is 0. The fourth-order valence-electron chi connectivity index (χ4n) is 2.41. The summed E-state index contributed by atoms with van der Waals surface area (Å²) in [5.41, 5.74) is 0.685. The molecule has 1 N–H and O–H groups in total. The van der Waals surface area contributed by atoms with Crippen LogP contribution in [0.3, 0.4) is 0 Å². The molecular formula is C12H23N. The van der Waals surface area contributed by atoms with Gasteiger partial charge in [-0.3, -0.25) is 0 Å². The lowest BCUT2D eigenvalue weighted by Gasteiger charge is -2.16. The first-order chi connectivity index (χ1) is 6.22. The van der Waals surface area contributed by atoms with Gasteiger partial charge in [-0.05, 0) is 43.4 Å². The number of nitrogens with one attached hydrogen (secondary N) is 1. The summed E-state index contributed by atoms with van der Waals surface area (Å²) in [5, 5.41) is 3.75. The minimum atomic E-state index is 0.685. The highest BCUT2D eigenvalue weighted by Gasteiger charge is 2.37. The van der Waals surface area contributed by atoms with Gasteiger partial charge in [-0.25, -0.2) is 0 Å². The van der Waals surface area contributed by atoms with Crippen LogP contribution in [0.5, 0.6) is 0 Å². The maximum Gasteiger partial charge on any atom is 0.00700 e. The standard InChI is InChI=1S/C12H23N/c1-3-10-4-5-11(8-10)13-9-12(2)6-7-12/h10-11,13H,3-9H2,1-2H3. The summed E-state index contributed by atoms with van der Waals surface area (Å²) in [6.45, 7) is 6.01. The summed E-state index contributed by atoms with van der Waals surface area (Å²) in [7, 11) is 0. The topological polar surface area (TPSA) is 12.0 Å². The van der Waals surface area contributed by atoms with Crippen molar-refractivity contribution in [1.82, 2.24) is 5.32 Å². The van der Waals surface area contributed by atoms with E-state index in [1.54, 1.807) is 0 Å². The van der Waals surface area contributed by atoms with Crippen molar-refractivity contribution in [2.45, 2.75) is 58.4 Å². The summed E-state index contributed by atoms with van der Waals surface area (Å²) in [6.07, 6.45) is 8.61. The average molecular weight is 181 g/mol. The Balaban J connectivity index is 1.66. The highest BCUT2D eigenvalue weighted by molar-refractivity contribution is 4.92. The van der Waals surface area contributed by atoms with Gasteiger partial charge < -0.3 is 5.32 Å². The van der Waals surface area contributed by atoms with Crippen LogP contribution in [0, 0.1) is 11.3 Å². The average Bonchev–Trinajstić information content (AvgIpc) is 2.69. The SMILES string of the molecule is CCC1CCC(NCC2(C)CC2)C1. The number of hydrogen-bond acceptors (Lipinski definition) is 1. The molecule has 13 heavy (non-hydrogen) atoms. The molecule has 2 atom stereocenters. The van der Waals surface area contributed by atoms with Crippen molar-refractivity contribution in [3.63, 3.8) is 0 Å². The van der Waals surface area contributed by atoms with Crippen molar-refractivity contribution in [1.29, 1.82) is 0 Å². The third-order valence-electron chi connectivity index (χ3n) is 4.04. The van der Waals surface area contributed by atoms with Crippen LogP contribution in [0.25, 0.3) is 0 Å². The summed E-state index contributed by atoms with van der Waals surface area (Å²) in [5.74, 6) is 1.02. The van der Waals surface area contributed by atoms with E-state index in [9.17, 15) is 0 Å². The van der Waals surface area contributed by atoms with Crippen LogP contribution in [0.2, 0.25) is 0 Å². The van der Waals surface area contributed by atoms with Gasteiger partial charge in [0.05, 0.1) is 0 Å². The second-order valence-electron chi connectivity index (χ2n) is 5.48. The second-order valence-corrected chi connectivity index (χ2v) is 5.48. The number of hydrogen-bond donors (Lipinski definition) is 1. The van der Waals surface area contributed by atoms with Gasteiger partial charge in [0.25, 0.3) is 0 Å². The van der Waals surface area contributed by atoms with E-state index in [1.165, 1.54) is 45.1 Å². The van der Waals surface area contributed by atoms with Crippen LogP contribution in [-0.2, 0) is 0 Å². The fraction of sp³-hybridized carbons (Fsp3) is 1.00. The van der Waals surface area contributed by atoms with Crippen molar-refractivity contribution >= 4 is 0 Å². The Kier molecular flexibility index (Phi) is 2.64. The zero-order chi connectivity index (χ0) is 9.31. The monoisotopic (exact) mass is 181 g/mol. The largest absolute Gasteiger partial charge is 0.313 e. The lowest BCUT2D eigenvalue weighted by Crippen LogP contribution is -2.31. The molecule has 0 aromatic rings. The van der Waals surface area contributed by atoms with E-state index in [0.717, 1.165) is 12.0 Å². The normalized spacial score (nSPS) is 36.5. The Morgan fingerprint density at radius 1 is 1.31 bits per heavy atom. The lowest BCUT2D eigenvalue weighted by molar-refractivity contribution is 0.422. The van der Waals surface area contributed by atoms with Gasteiger partial charge in [0.15, 0.2) is 0 Å². The molecule has 0 aromatic carbocycles. The predicted molar refractivity (Wildman–Crippen MR) is 56.8 cm³/mol. The molecule has 0 bridgehead atoms. The van der Waals surface area contributed by atoms with Crippen LogP contribution in [0.4, 0.5) is 0 Å². The van der Waals surface area contributed by atoms with Crippen molar-refractivity contribution in [2.24, 2.45) is 11.3 Å². The van der Waals surface area contributed by atoms with Gasteiger partial charge in [0, 0.05) is 12.6 Å². The van der Waals surface area contributed by atoms with E-state index in [0.29, 0.717) is 5.41 Å². The fourth-order valence-corrected chi connectivity index (χ4v) is 2.41. The van der Waals surface area contributed by atoms with Gasteiger partial charge in [-0.1, -0.05) is 20.3 Å². The first-order valence-electron chi connectivity index (χ1n) is 5.95. The summed E-state index contributed by atoms with van der Waals surface area (Å²) < 4.78 is 0. The van der Waals surface area contributed by atoms with Gasteiger partial charge in [-0.15, -0.1) is 0 Å². The van der Waals surface area contributed by atoms with Crippen LogP contribution in [0.1, 0.15) is 52.4 Å². The third kappa shape index (κ3) is 2.46. The molecule has 2 rings (SSSR count). The van der Waals surface area contributed by atoms with E-state index in [4.69, 9.17) is 0 Å². The molecule has 0 radical (unpaired) electrons. The van der Waals surface area contributed by atoms with Gasteiger partial charge >= 0.3 is 0 Å². The molecule has 1 nitrogen and oxygen atoms in total. The molecule has 2 aliphatic rings. The maximum atomic E-state index is 3.75. The van der Waals surface area contributed by atoms with E-state index < -0.39 is 0 Å². The Labute approximate surface area is 82.3 Å². The lowest BCUT2D eigenvalue weighted by atomic mass is 10.1. The summed E-state index contributed by atoms with van der Waals surface area (Å²) in [6, 6.07) is 0.849. The Bertz CT molecular complexity index is 172. The molecule has 0 amide bonds. The van der Waals surface area contributed by atoms with Crippen molar-refractivity contribution in [3.8, 4) is 0 Å². The highest BCUT2D eigenvalue weighted by atomic mass is 14.9. The van der Waals surface area contributed by atoms with E-state index in [1.807, 2.05) is 0 Å². The molecular weight excluding hydrogens is 158 g/mol. The van der Waals surface area contributed by atoms with Crippen molar-refractivity contribution < 1.29 is 0 Å². The van der Waals surface area contributed by atoms with E-state index in [-0.39, 0.29) is 0 Å². The minimum absolute atomic E-state index is 0.685. The highest BCUT2D eigenvalue weighted by Crippen LogP contribution is 2.44. The third-order valence-corrected chi connectivity index (χ3v) is 4.04. The van der Waals surface area contributed by atoms with E-state index >= 15 is 0 Å². The smallest absolute Gasteiger partial charge is 0.00700 e. The van der Waals surface area contributed by atoms with Crippen LogP contribution < -0.4 is 5.32 Å². The minimum Gasteiger partial charge on any atom is -0.313 e.